The number of benzene rings is 1. The van der Waals surface area contributed by atoms with Crippen molar-refractivity contribution in [3.8, 4) is 0 Å². The van der Waals surface area contributed by atoms with E-state index in [2.05, 4.69) is 47.3 Å². The summed E-state index contributed by atoms with van der Waals surface area (Å²) in [7, 11) is 2.06. The first-order valence-corrected chi connectivity index (χ1v) is 6.85. The molecule has 0 radical (unpaired) electrons. The Morgan fingerprint density at radius 1 is 1.22 bits per heavy atom. The zero-order valence-electron chi connectivity index (χ0n) is 10.9. The summed E-state index contributed by atoms with van der Waals surface area (Å²) in [5, 5.41) is 0. The fraction of sp³-hybridized carbons (Fsp3) is 0.533. The number of rotatable bonds is 3. The molecule has 3 heteroatoms. The average Bonchev–Trinajstić information content (AvgIpc) is 3.17. The quantitative estimate of drug-likeness (QED) is 0.654. The molecule has 0 spiro atoms. The number of nitrogens with two attached hydrogens (primary N) is 1. The molecule has 3 rings (SSSR count). The van der Waals surface area contributed by atoms with Gasteiger partial charge in [0.25, 0.3) is 0 Å². The van der Waals surface area contributed by atoms with Gasteiger partial charge >= 0.3 is 0 Å². The molecule has 2 aliphatic rings. The largest absolute Gasteiger partial charge is 0.370 e. The zero-order valence-corrected chi connectivity index (χ0v) is 10.9. The lowest BCUT2D eigenvalue weighted by atomic mass is 9.76. The van der Waals surface area contributed by atoms with Crippen LogP contribution in [0.25, 0.3) is 0 Å². The first-order chi connectivity index (χ1) is 8.74. The van der Waals surface area contributed by atoms with E-state index < -0.39 is 0 Å². The van der Waals surface area contributed by atoms with Crippen molar-refractivity contribution in [2.45, 2.75) is 43.7 Å². The monoisotopic (exact) mass is 243 g/mol. The van der Waals surface area contributed by atoms with Gasteiger partial charge in [0.15, 0.2) is 5.96 Å². The van der Waals surface area contributed by atoms with Gasteiger partial charge in [-0.25, -0.2) is 4.99 Å². The van der Waals surface area contributed by atoms with Gasteiger partial charge < -0.3 is 10.6 Å². The Bertz CT molecular complexity index is 430. The van der Waals surface area contributed by atoms with Crippen LogP contribution < -0.4 is 5.73 Å². The summed E-state index contributed by atoms with van der Waals surface area (Å²) in [6.07, 6.45) is 4.82. The Kier molecular flexibility index (Phi) is 2.98. The van der Waals surface area contributed by atoms with Crippen molar-refractivity contribution in [3.63, 3.8) is 0 Å². The van der Waals surface area contributed by atoms with E-state index in [9.17, 15) is 0 Å². The highest BCUT2D eigenvalue weighted by Crippen LogP contribution is 2.38. The molecule has 18 heavy (non-hydrogen) atoms. The Morgan fingerprint density at radius 2 is 1.89 bits per heavy atom. The highest BCUT2D eigenvalue weighted by Gasteiger charge is 2.32. The third-order valence-corrected chi connectivity index (χ3v) is 4.15. The van der Waals surface area contributed by atoms with Crippen LogP contribution in [0.3, 0.4) is 0 Å². The van der Waals surface area contributed by atoms with Crippen molar-refractivity contribution in [1.82, 2.24) is 4.90 Å². The number of aliphatic imine (C=N–C) groups is 1. The van der Waals surface area contributed by atoms with Crippen LogP contribution in [0.4, 0.5) is 0 Å². The number of hydrogen-bond acceptors (Lipinski definition) is 1. The van der Waals surface area contributed by atoms with Crippen LogP contribution in [0.1, 0.15) is 37.2 Å². The van der Waals surface area contributed by atoms with Crippen LogP contribution in [-0.2, 0) is 0 Å². The summed E-state index contributed by atoms with van der Waals surface area (Å²) in [5.41, 5.74) is 7.47. The fourth-order valence-electron chi connectivity index (χ4n) is 2.62. The van der Waals surface area contributed by atoms with Gasteiger partial charge in [-0.2, -0.15) is 0 Å². The Morgan fingerprint density at radius 3 is 2.50 bits per heavy atom. The molecule has 0 aromatic heterocycles. The molecule has 1 aromatic carbocycles. The molecule has 0 atom stereocenters. The van der Waals surface area contributed by atoms with Gasteiger partial charge in [-0.05, 0) is 37.2 Å². The van der Waals surface area contributed by atoms with E-state index in [0.717, 1.165) is 18.8 Å². The van der Waals surface area contributed by atoms with Crippen molar-refractivity contribution in [3.05, 3.63) is 35.9 Å². The van der Waals surface area contributed by atoms with Crippen molar-refractivity contribution in [1.29, 1.82) is 0 Å². The molecule has 2 saturated carbocycles. The summed E-state index contributed by atoms with van der Waals surface area (Å²) < 4.78 is 0. The maximum atomic E-state index is 6.03. The van der Waals surface area contributed by atoms with Gasteiger partial charge in [-0.1, -0.05) is 30.3 Å². The zero-order chi connectivity index (χ0) is 12.5. The number of nitrogens with zero attached hydrogens (tertiary/aromatic N) is 2. The Labute approximate surface area is 109 Å². The van der Waals surface area contributed by atoms with Crippen molar-refractivity contribution in [2.75, 3.05) is 7.05 Å². The second kappa shape index (κ2) is 4.63. The van der Waals surface area contributed by atoms with Gasteiger partial charge in [-0.3, -0.25) is 0 Å². The van der Waals surface area contributed by atoms with Crippen LogP contribution in [0.15, 0.2) is 35.3 Å². The van der Waals surface area contributed by atoms with Crippen molar-refractivity contribution in [2.24, 2.45) is 10.7 Å². The predicted octanol–water partition coefficient (Wildman–Crippen LogP) is 2.34. The Hall–Kier alpha value is -1.51. The van der Waals surface area contributed by atoms with Crippen LogP contribution in [0.2, 0.25) is 0 Å². The molecule has 2 aliphatic carbocycles. The lowest BCUT2D eigenvalue weighted by Gasteiger charge is -2.34. The average molecular weight is 243 g/mol. The first kappa shape index (κ1) is 11.6. The van der Waals surface area contributed by atoms with Gasteiger partial charge in [0.05, 0.1) is 6.04 Å². The minimum atomic E-state index is 0.427. The van der Waals surface area contributed by atoms with Gasteiger partial charge in [0.1, 0.15) is 0 Å². The minimum Gasteiger partial charge on any atom is -0.370 e. The summed E-state index contributed by atoms with van der Waals surface area (Å²) in [4.78, 5) is 6.77. The van der Waals surface area contributed by atoms with E-state index in [4.69, 9.17) is 5.73 Å². The van der Waals surface area contributed by atoms with E-state index in [-0.39, 0.29) is 0 Å². The van der Waals surface area contributed by atoms with E-state index in [1.165, 1.54) is 18.4 Å². The SMILES string of the molecule is CN(C(N)=NC1CC(c2ccccc2)C1)C1CC1. The molecule has 0 amide bonds. The second-order valence-corrected chi connectivity index (χ2v) is 5.56. The first-order valence-electron chi connectivity index (χ1n) is 6.85. The maximum absolute atomic E-state index is 6.03. The Balaban J connectivity index is 1.54. The lowest BCUT2D eigenvalue weighted by Crippen LogP contribution is -2.38. The number of guanidine groups is 1. The molecule has 2 fully saturated rings. The molecule has 3 nitrogen and oxygen atoms in total. The predicted molar refractivity (Wildman–Crippen MR) is 74.6 cm³/mol. The highest BCUT2D eigenvalue weighted by atomic mass is 15.3. The standard InChI is InChI=1S/C15H21N3/c1-18(14-7-8-14)15(16)17-13-9-12(10-13)11-5-3-2-4-6-11/h2-6,12-14H,7-10H2,1H3,(H2,16,17). The fourth-order valence-corrected chi connectivity index (χ4v) is 2.62. The highest BCUT2D eigenvalue weighted by molar-refractivity contribution is 5.78. The van der Waals surface area contributed by atoms with E-state index >= 15 is 0 Å². The summed E-state index contributed by atoms with van der Waals surface area (Å²) in [6.45, 7) is 0. The van der Waals surface area contributed by atoms with Gasteiger partial charge in [0.2, 0.25) is 0 Å². The summed E-state index contributed by atoms with van der Waals surface area (Å²) in [5.74, 6) is 1.41. The van der Waals surface area contributed by atoms with Crippen molar-refractivity contribution < 1.29 is 0 Å². The smallest absolute Gasteiger partial charge is 0.191 e. The van der Waals surface area contributed by atoms with Crippen molar-refractivity contribution >= 4 is 5.96 Å². The van der Waals surface area contributed by atoms with Crippen LogP contribution in [0, 0.1) is 0 Å². The van der Waals surface area contributed by atoms with E-state index in [0.29, 0.717) is 18.0 Å². The normalized spacial score (nSPS) is 27.7. The molecular weight excluding hydrogens is 222 g/mol. The molecule has 0 saturated heterocycles. The minimum absolute atomic E-state index is 0.427. The van der Waals surface area contributed by atoms with Crippen LogP contribution in [-0.4, -0.2) is 30.0 Å². The third-order valence-electron chi connectivity index (χ3n) is 4.15. The molecule has 0 bridgehead atoms. The topological polar surface area (TPSA) is 41.6 Å². The second-order valence-electron chi connectivity index (χ2n) is 5.56. The summed E-state index contributed by atoms with van der Waals surface area (Å²) >= 11 is 0. The molecule has 1 aromatic rings. The lowest BCUT2D eigenvalue weighted by molar-refractivity contribution is 0.347. The molecular formula is C15H21N3. The molecule has 0 heterocycles. The third kappa shape index (κ3) is 2.35. The number of hydrogen-bond donors (Lipinski definition) is 1. The molecule has 0 unspecified atom stereocenters. The summed E-state index contributed by atoms with van der Waals surface area (Å²) in [6, 6.07) is 11.8. The molecule has 0 aliphatic heterocycles. The van der Waals surface area contributed by atoms with E-state index in [1.807, 2.05) is 0 Å². The maximum Gasteiger partial charge on any atom is 0.191 e. The van der Waals surface area contributed by atoms with Gasteiger partial charge in [-0.15, -0.1) is 0 Å². The van der Waals surface area contributed by atoms with Crippen LogP contribution in [0.5, 0.6) is 0 Å². The van der Waals surface area contributed by atoms with Gasteiger partial charge in [0, 0.05) is 13.1 Å². The van der Waals surface area contributed by atoms with Crippen LogP contribution >= 0.6 is 0 Å². The van der Waals surface area contributed by atoms with E-state index in [1.54, 1.807) is 0 Å². The molecule has 96 valence electrons. The molecule has 2 N–H and O–H groups in total.